The van der Waals surface area contributed by atoms with Crippen molar-refractivity contribution in [2.45, 2.75) is 18.9 Å². The van der Waals surface area contributed by atoms with E-state index >= 15 is 0 Å². The molecule has 1 aliphatic rings. The third kappa shape index (κ3) is 1.43. The van der Waals surface area contributed by atoms with Gasteiger partial charge in [0.1, 0.15) is 0 Å². The Morgan fingerprint density at radius 1 is 1.67 bits per heavy atom. The topological polar surface area (TPSA) is 57.9 Å². The Morgan fingerprint density at radius 3 is 3.25 bits per heavy atom. The van der Waals surface area contributed by atoms with Crippen LogP contribution in [0.5, 0.6) is 0 Å². The van der Waals surface area contributed by atoms with Crippen molar-refractivity contribution in [3.63, 3.8) is 0 Å². The van der Waals surface area contributed by atoms with Gasteiger partial charge in [-0.2, -0.15) is 5.10 Å². The van der Waals surface area contributed by atoms with E-state index in [1.807, 2.05) is 12.4 Å². The van der Waals surface area contributed by atoms with Crippen LogP contribution in [0.15, 0.2) is 12.4 Å². The first-order valence-corrected chi connectivity index (χ1v) is 4.35. The summed E-state index contributed by atoms with van der Waals surface area (Å²) < 4.78 is 0. The van der Waals surface area contributed by atoms with Gasteiger partial charge in [0.15, 0.2) is 0 Å². The number of H-pyrrole nitrogens is 1. The maximum Gasteiger partial charge on any atom is 0.0750 e. The van der Waals surface area contributed by atoms with Gasteiger partial charge in [-0.25, -0.2) is 0 Å². The van der Waals surface area contributed by atoms with Crippen molar-refractivity contribution in [3.8, 4) is 0 Å². The highest BCUT2D eigenvalue weighted by Gasteiger charge is 2.16. The van der Waals surface area contributed by atoms with Gasteiger partial charge in [0.2, 0.25) is 0 Å². The number of piperidine rings is 1. The zero-order valence-electron chi connectivity index (χ0n) is 7.03. The van der Waals surface area contributed by atoms with Crippen LogP contribution < -0.4 is 10.6 Å². The molecule has 0 bridgehead atoms. The van der Waals surface area contributed by atoms with Crippen molar-refractivity contribution >= 4 is 5.69 Å². The highest BCUT2D eigenvalue weighted by Crippen LogP contribution is 2.16. The molecule has 1 fully saturated rings. The lowest BCUT2D eigenvalue weighted by atomic mass is 10.1. The van der Waals surface area contributed by atoms with Crippen LogP contribution in [0, 0.1) is 0 Å². The van der Waals surface area contributed by atoms with Gasteiger partial charge in [-0.15, -0.1) is 0 Å². The van der Waals surface area contributed by atoms with Crippen molar-refractivity contribution in [1.82, 2.24) is 10.2 Å². The molecule has 0 aromatic carbocycles. The van der Waals surface area contributed by atoms with Crippen LogP contribution >= 0.6 is 0 Å². The lowest BCUT2D eigenvalue weighted by Gasteiger charge is -2.31. The molecular formula is C8H14N4. The lowest BCUT2D eigenvalue weighted by molar-refractivity contribution is 0.506. The van der Waals surface area contributed by atoms with Gasteiger partial charge < -0.3 is 10.6 Å². The minimum absolute atomic E-state index is 0.327. The predicted molar refractivity (Wildman–Crippen MR) is 48.0 cm³/mol. The Balaban J connectivity index is 2.04. The molecule has 0 spiro atoms. The number of nitrogens with one attached hydrogen (secondary N) is 1. The summed E-state index contributed by atoms with van der Waals surface area (Å²) >= 11 is 0. The molecule has 1 aromatic heterocycles. The maximum atomic E-state index is 5.86. The molecule has 1 aromatic rings. The molecule has 0 saturated carbocycles. The van der Waals surface area contributed by atoms with Gasteiger partial charge >= 0.3 is 0 Å². The average molecular weight is 166 g/mol. The second-order valence-corrected chi connectivity index (χ2v) is 3.30. The summed E-state index contributed by atoms with van der Waals surface area (Å²) in [5.41, 5.74) is 7.02. The van der Waals surface area contributed by atoms with Crippen LogP contribution in [-0.2, 0) is 0 Å². The zero-order valence-corrected chi connectivity index (χ0v) is 7.03. The Kier molecular flexibility index (Phi) is 1.99. The highest BCUT2D eigenvalue weighted by atomic mass is 15.2. The van der Waals surface area contributed by atoms with E-state index in [1.165, 1.54) is 6.42 Å². The summed E-state index contributed by atoms with van der Waals surface area (Å²) in [6.07, 6.45) is 6.09. The fourth-order valence-electron chi connectivity index (χ4n) is 1.66. The van der Waals surface area contributed by atoms with E-state index in [4.69, 9.17) is 5.73 Å². The minimum atomic E-state index is 0.327. The minimum Gasteiger partial charge on any atom is -0.367 e. The fourth-order valence-corrected chi connectivity index (χ4v) is 1.66. The number of rotatable bonds is 1. The van der Waals surface area contributed by atoms with Crippen molar-refractivity contribution in [1.29, 1.82) is 0 Å². The average Bonchev–Trinajstić information content (AvgIpc) is 2.56. The Morgan fingerprint density at radius 2 is 2.58 bits per heavy atom. The fraction of sp³-hybridized carbons (Fsp3) is 0.625. The standard InChI is InChI=1S/C8H14N4/c9-7-2-1-3-12(6-7)8-4-10-11-5-8/h4-5,7H,1-3,6,9H2,(H,10,11). The number of aromatic amines is 1. The van der Waals surface area contributed by atoms with E-state index in [2.05, 4.69) is 15.1 Å². The highest BCUT2D eigenvalue weighted by molar-refractivity contribution is 5.42. The summed E-state index contributed by atoms with van der Waals surface area (Å²) in [5, 5.41) is 6.72. The molecule has 1 saturated heterocycles. The second-order valence-electron chi connectivity index (χ2n) is 3.30. The molecule has 1 unspecified atom stereocenters. The molecule has 1 aliphatic heterocycles. The largest absolute Gasteiger partial charge is 0.367 e. The molecule has 4 heteroatoms. The summed E-state index contributed by atoms with van der Waals surface area (Å²) in [5.74, 6) is 0. The second kappa shape index (κ2) is 3.15. The molecule has 12 heavy (non-hydrogen) atoms. The molecule has 4 nitrogen and oxygen atoms in total. The number of nitrogens with two attached hydrogens (primary N) is 1. The summed E-state index contributed by atoms with van der Waals surface area (Å²) in [6.45, 7) is 2.06. The van der Waals surface area contributed by atoms with Crippen molar-refractivity contribution in [3.05, 3.63) is 12.4 Å². The quantitative estimate of drug-likeness (QED) is 0.632. The number of hydrogen-bond acceptors (Lipinski definition) is 3. The van der Waals surface area contributed by atoms with Gasteiger partial charge in [-0.3, -0.25) is 5.10 Å². The Hall–Kier alpha value is -1.03. The van der Waals surface area contributed by atoms with Gasteiger partial charge in [0.05, 0.1) is 11.9 Å². The van der Waals surface area contributed by atoms with Crippen LogP contribution in [0.4, 0.5) is 5.69 Å². The van der Waals surface area contributed by atoms with Gasteiger partial charge in [-0.05, 0) is 12.8 Å². The van der Waals surface area contributed by atoms with Crippen LogP contribution in [-0.4, -0.2) is 29.3 Å². The molecule has 0 aliphatic carbocycles. The normalized spacial score (nSPS) is 24.4. The SMILES string of the molecule is NC1CCCN(c2cn[nH]c2)C1. The molecule has 0 radical (unpaired) electrons. The van der Waals surface area contributed by atoms with E-state index < -0.39 is 0 Å². The molecule has 66 valence electrons. The third-order valence-electron chi connectivity index (χ3n) is 2.31. The number of anilines is 1. The number of aromatic nitrogens is 2. The first kappa shape index (κ1) is 7.61. The van der Waals surface area contributed by atoms with Crippen molar-refractivity contribution in [2.75, 3.05) is 18.0 Å². The van der Waals surface area contributed by atoms with Gasteiger partial charge in [-0.1, -0.05) is 0 Å². The molecule has 0 amide bonds. The van der Waals surface area contributed by atoms with Crippen LogP contribution in [0.3, 0.4) is 0 Å². The van der Waals surface area contributed by atoms with E-state index in [0.29, 0.717) is 6.04 Å². The van der Waals surface area contributed by atoms with Gasteiger partial charge in [0.25, 0.3) is 0 Å². The molecule has 2 heterocycles. The van der Waals surface area contributed by atoms with E-state index in [9.17, 15) is 0 Å². The monoisotopic (exact) mass is 166 g/mol. The third-order valence-corrected chi connectivity index (χ3v) is 2.31. The summed E-state index contributed by atoms with van der Waals surface area (Å²) in [6, 6.07) is 0.327. The van der Waals surface area contributed by atoms with Crippen LogP contribution in [0.2, 0.25) is 0 Å². The number of hydrogen-bond donors (Lipinski definition) is 2. The Bertz CT molecular complexity index is 231. The maximum absolute atomic E-state index is 5.86. The number of nitrogens with zero attached hydrogens (tertiary/aromatic N) is 2. The summed E-state index contributed by atoms with van der Waals surface area (Å²) in [7, 11) is 0. The van der Waals surface area contributed by atoms with E-state index in [1.54, 1.807) is 0 Å². The summed E-state index contributed by atoms with van der Waals surface area (Å²) in [4.78, 5) is 2.28. The van der Waals surface area contributed by atoms with Crippen molar-refractivity contribution in [2.24, 2.45) is 5.73 Å². The molecule has 1 atom stereocenters. The lowest BCUT2D eigenvalue weighted by Crippen LogP contribution is -2.42. The molecular weight excluding hydrogens is 152 g/mol. The molecule has 3 N–H and O–H groups in total. The first-order valence-electron chi connectivity index (χ1n) is 4.35. The van der Waals surface area contributed by atoms with Crippen molar-refractivity contribution < 1.29 is 0 Å². The first-order chi connectivity index (χ1) is 5.86. The Labute approximate surface area is 71.7 Å². The predicted octanol–water partition coefficient (Wildman–Crippen LogP) is 0.337. The van der Waals surface area contributed by atoms with E-state index in [-0.39, 0.29) is 0 Å². The van der Waals surface area contributed by atoms with E-state index in [0.717, 1.165) is 25.2 Å². The van der Waals surface area contributed by atoms with Crippen LogP contribution in [0.1, 0.15) is 12.8 Å². The van der Waals surface area contributed by atoms with Gasteiger partial charge in [0, 0.05) is 25.3 Å². The van der Waals surface area contributed by atoms with Crippen LogP contribution in [0.25, 0.3) is 0 Å². The zero-order chi connectivity index (χ0) is 8.39. The molecule has 2 rings (SSSR count). The smallest absolute Gasteiger partial charge is 0.0750 e.